The third-order valence-electron chi connectivity index (χ3n) is 3.50. The molecule has 5 heteroatoms. The minimum Gasteiger partial charge on any atom is -0.354 e. The lowest BCUT2D eigenvalue weighted by atomic mass is 10.2. The highest BCUT2D eigenvalue weighted by Gasteiger charge is 2.24. The minimum absolute atomic E-state index is 0.592. The Morgan fingerprint density at radius 2 is 2.44 bits per heavy atom. The molecule has 0 spiro atoms. The molecule has 1 aliphatic heterocycles. The summed E-state index contributed by atoms with van der Waals surface area (Å²) in [5, 5.41) is 4.70. The molecule has 1 saturated heterocycles. The van der Waals surface area contributed by atoms with Crippen LogP contribution in [0.25, 0.3) is 11.0 Å². The molecule has 2 aromatic rings. The number of hydrogen-bond donors (Lipinski definition) is 2. The van der Waals surface area contributed by atoms with Gasteiger partial charge in [0.15, 0.2) is 0 Å². The van der Waals surface area contributed by atoms with Gasteiger partial charge in [-0.1, -0.05) is 6.92 Å². The van der Waals surface area contributed by atoms with E-state index in [1.54, 1.807) is 6.33 Å². The van der Waals surface area contributed by atoms with Crippen molar-refractivity contribution in [3.05, 3.63) is 18.6 Å². The van der Waals surface area contributed by atoms with E-state index in [-0.39, 0.29) is 0 Å². The summed E-state index contributed by atoms with van der Waals surface area (Å²) in [6, 6.07) is 2.64. The van der Waals surface area contributed by atoms with Gasteiger partial charge in [-0.05, 0) is 25.5 Å². The van der Waals surface area contributed by atoms with Crippen LogP contribution in [-0.4, -0.2) is 40.6 Å². The van der Waals surface area contributed by atoms with Crippen LogP contribution < -0.4 is 10.2 Å². The molecule has 0 radical (unpaired) electrons. The van der Waals surface area contributed by atoms with Gasteiger partial charge in [0.05, 0.1) is 5.39 Å². The standard InChI is InChI=1S/C13H19N5/c1-2-5-14-10-4-7-18(8-10)13-11-3-6-15-12(11)16-9-17-13/h3,6,9-10,14H,2,4-5,7-8H2,1H3,(H,15,16,17). The van der Waals surface area contributed by atoms with Crippen LogP contribution in [0.3, 0.4) is 0 Å². The molecule has 3 rings (SSSR count). The number of H-pyrrole nitrogens is 1. The lowest BCUT2D eigenvalue weighted by Gasteiger charge is -2.18. The Hall–Kier alpha value is -1.62. The van der Waals surface area contributed by atoms with E-state index in [4.69, 9.17) is 0 Å². The lowest BCUT2D eigenvalue weighted by molar-refractivity contribution is 0.549. The largest absolute Gasteiger partial charge is 0.354 e. The molecule has 5 nitrogen and oxygen atoms in total. The first-order valence-corrected chi connectivity index (χ1v) is 6.65. The fourth-order valence-electron chi connectivity index (χ4n) is 2.58. The maximum Gasteiger partial charge on any atom is 0.142 e. The van der Waals surface area contributed by atoms with Crippen molar-refractivity contribution < 1.29 is 0 Å². The summed E-state index contributed by atoms with van der Waals surface area (Å²) in [5.74, 6) is 1.06. The number of rotatable bonds is 4. The van der Waals surface area contributed by atoms with Crippen LogP contribution in [0.1, 0.15) is 19.8 Å². The quantitative estimate of drug-likeness (QED) is 0.858. The van der Waals surface area contributed by atoms with Crippen molar-refractivity contribution in [3.8, 4) is 0 Å². The smallest absolute Gasteiger partial charge is 0.142 e. The second-order valence-electron chi connectivity index (χ2n) is 4.82. The van der Waals surface area contributed by atoms with Gasteiger partial charge in [0.25, 0.3) is 0 Å². The predicted octanol–water partition coefficient (Wildman–Crippen LogP) is 1.54. The highest BCUT2D eigenvalue weighted by Crippen LogP contribution is 2.25. The predicted molar refractivity (Wildman–Crippen MR) is 72.8 cm³/mol. The molecule has 2 N–H and O–H groups in total. The minimum atomic E-state index is 0.592. The summed E-state index contributed by atoms with van der Waals surface area (Å²) in [6.07, 6.45) is 5.94. The fourth-order valence-corrected chi connectivity index (χ4v) is 2.58. The first-order valence-electron chi connectivity index (χ1n) is 6.65. The van der Waals surface area contributed by atoms with Crippen molar-refractivity contribution in [2.24, 2.45) is 0 Å². The molecule has 0 amide bonds. The van der Waals surface area contributed by atoms with Gasteiger partial charge in [0, 0.05) is 25.3 Å². The zero-order valence-corrected chi connectivity index (χ0v) is 10.7. The van der Waals surface area contributed by atoms with E-state index >= 15 is 0 Å². The second kappa shape index (κ2) is 4.94. The van der Waals surface area contributed by atoms with E-state index in [1.807, 2.05) is 6.20 Å². The average molecular weight is 245 g/mol. The van der Waals surface area contributed by atoms with Crippen LogP contribution >= 0.6 is 0 Å². The Balaban J connectivity index is 1.78. The maximum absolute atomic E-state index is 4.44. The van der Waals surface area contributed by atoms with E-state index < -0.39 is 0 Å². The monoisotopic (exact) mass is 245 g/mol. The van der Waals surface area contributed by atoms with Crippen LogP contribution in [-0.2, 0) is 0 Å². The summed E-state index contributed by atoms with van der Waals surface area (Å²) in [5.41, 5.74) is 0.921. The van der Waals surface area contributed by atoms with Crippen molar-refractivity contribution in [3.63, 3.8) is 0 Å². The first-order chi connectivity index (χ1) is 8.88. The third kappa shape index (κ3) is 2.06. The third-order valence-corrected chi connectivity index (χ3v) is 3.50. The van der Waals surface area contributed by atoms with Crippen molar-refractivity contribution in [2.45, 2.75) is 25.8 Å². The summed E-state index contributed by atoms with van der Waals surface area (Å²) < 4.78 is 0. The normalized spacial score (nSPS) is 19.8. The molecule has 18 heavy (non-hydrogen) atoms. The number of anilines is 1. The highest BCUT2D eigenvalue weighted by molar-refractivity contribution is 5.87. The number of fused-ring (bicyclic) bond motifs is 1. The molecule has 0 saturated carbocycles. The average Bonchev–Trinajstić information content (AvgIpc) is 3.04. The first kappa shape index (κ1) is 11.5. The Kier molecular flexibility index (Phi) is 3.15. The molecule has 1 atom stereocenters. The van der Waals surface area contributed by atoms with E-state index in [9.17, 15) is 0 Å². The Morgan fingerprint density at radius 3 is 3.33 bits per heavy atom. The van der Waals surface area contributed by atoms with Gasteiger partial charge in [-0.2, -0.15) is 0 Å². The number of hydrogen-bond acceptors (Lipinski definition) is 4. The van der Waals surface area contributed by atoms with E-state index in [0.29, 0.717) is 6.04 Å². The molecule has 3 heterocycles. The van der Waals surface area contributed by atoms with Gasteiger partial charge in [-0.15, -0.1) is 0 Å². The van der Waals surface area contributed by atoms with Gasteiger partial charge < -0.3 is 15.2 Å². The molecular weight excluding hydrogens is 226 g/mol. The maximum atomic E-state index is 4.44. The van der Waals surface area contributed by atoms with Gasteiger partial charge in [0.2, 0.25) is 0 Å². The molecule has 1 aliphatic rings. The number of nitrogens with zero attached hydrogens (tertiary/aromatic N) is 3. The van der Waals surface area contributed by atoms with Crippen LogP contribution in [0.5, 0.6) is 0 Å². The SMILES string of the molecule is CCCNC1CCN(c2ncnc3[nH]ccc23)C1. The molecule has 0 bridgehead atoms. The second-order valence-corrected chi connectivity index (χ2v) is 4.82. The van der Waals surface area contributed by atoms with Gasteiger partial charge in [0.1, 0.15) is 17.8 Å². The fraction of sp³-hybridized carbons (Fsp3) is 0.538. The molecule has 1 fully saturated rings. The van der Waals surface area contributed by atoms with Crippen molar-refractivity contribution in [1.82, 2.24) is 20.3 Å². The molecule has 2 aromatic heterocycles. The van der Waals surface area contributed by atoms with Crippen molar-refractivity contribution >= 4 is 16.9 Å². The topological polar surface area (TPSA) is 56.8 Å². The Morgan fingerprint density at radius 1 is 1.50 bits per heavy atom. The van der Waals surface area contributed by atoms with Gasteiger partial charge in [-0.3, -0.25) is 0 Å². The van der Waals surface area contributed by atoms with Crippen LogP contribution in [0.15, 0.2) is 18.6 Å². The highest BCUT2D eigenvalue weighted by atomic mass is 15.2. The summed E-state index contributed by atoms with van der Waals surface area (Å²) in [4.78, 5) is 14.2. The molecule has 0 aromatic carbocycles. The Labute approximate surface area is 107 Å². The lowest BCUT2D eigenvalue weighted by Crippen LogP contribution is -2.33. The summed E-state index contributed by atoms with van der Waals surface area (Å²) in [6.45, 7) is 5.41. The van der Waals surface area contributed by atoms with E-state index in [2.05, 4.69) is 38.2 Å². The molecule has 1 unspecified atom stereocenters. The van der Waals surface area contributed by atoms with Crippen LogP contribution in [0, 0.1) is 0 Å². The number of nitrogens with one attached hydrogen (secondary N) is 2. The van der Waals surface area contributed by atoms with E-state index in [1.165, 1.54) is 12.8 Å². The molecular formula is C13H19N5. The zero-order chi connectivity index (χ0) is 12.4. The molecule has 96 valence electrons. The summed E-state index contributed by atoms with van der Waals surface area (Å²) >= 11 is 0. The molecule has 0 aliphatic carbocycles. The number of aromatic amines is 1. The van der Waals surface area contributed by atoms with E-state index in [0.717, 1.165) is 36.5 Å². The van der Waals surface area contributed by atoms with Crippen LogP contribution in [0.4, 0.5) is 5.82 Å². The van der Waals surface area contributed by atoms with Crippen LogP contribution in [0.2, 0.25) is 0 Å². The number of aromatic nitrogens is 3. The summed E-state index contributed by atoms with van der Waals surface area (Å²) in [7, 11) is 0. The van der Waals surface area contributed by atoms with Gasteiger partial charge in [-0.25, -0.2) is 9.97 Å². The Bertz CT molecular complexity index is 521. The zero-order valence-electron chi connectivity index (χ0n) is 10.7. The van der Waals surface area contributed by atoms with Crippen molar-refractivity contribution in [2.75, 3.05) is 24.5 Å². The van der Waals surface area contributed by atoms with Gasteiger partial charge >= 0.3 is 0 Å². The van der Waals surface area contributed by atoms with Crippen molar-refractivity contribution in [1.29, 1.82) is 0 Å².